The molecule has 0 aromatic carbocycles. The Morgan fingerprint density at radius 1 is 1.25 bits per heavy atom. The lowest BCUT2D eigenvalue weighted by atomic mass is 9.97. The largest absolute Gasteiger partial charge is 0.361 e. The lowest BCUT2D eigenvalue weighted by Gasteiger charge is -2.14. The van der Waals surface area contributed by atoms with E-state index in [1.54, 1.807) is 23.1 Å². The minimum absolute atomic E-state index is 0.145. The molecule has 5 nitrogen and oxygen atoms in total. The highest BCUT2D eigenvalue weighted by Crippen LogP contribution is 2.35. The van der Waals surface area contributed by atoms with Crippen LogP contribution in [-0.4, -0.2) is 14.7 Å². The van der Waals surface area contributed by atoms with Gasteiger partial charge in [0.25, 0.3) is 5.56 Å². The molecule has 1 aliphatic carbocycles. The number of thiophene rings is 1. The average Bonchev–Trinajstić information content (AvgIpc) is 3.19. The van der Waals surface area contributed by atoms with E-state index in [1.807, 2.05) is 18.4 Å². The summed E-state index contributed by atoms with van der Waals surface area (Å²) in [5.74, 6) is 2.10. The van der Waals surface area contributed by atoms with Crippen LogP contribution in [0.2, 0.25) is 0 Å². The van der Waals surface area contributed by atoms with Gasteiger partial charge in [-0.15, -0.1) is 11.3 Å². The van der Waals surface area contributed by atoms with Crippen molar-refractivity contribution in [1.82, 2.24) is 14.7 Å². The van der Waals surface area contributed by atoms with Crippen LogP contribution in [0, 0.1) is 19.8 Å². The van der Waals surface area contributed by atoms with E-state index in [2.05, 4.69) is 19.0 Å². The fourth-order valence-corrected chi connectivity index (χ4v) is 6.24. The third-order valence-electron chi connectivity index (χ3n) is 5.50. The Hall–Kier alpha value is -1.60. The molecular formula is C21H27N3O2S2. The molecule has 0 unspecified atom stereocenters. The van der Waals surface area contributed by atoms with Gasteiger partial charge in [0.05, 0.1) is 11.1 Å². The molecule has 0 radical (unpaired) electrons. The zero-order valence-electron chi connectivity index (χ0n) is 17.0. The Morgan fingerprint density at radius 2 is 2.04 bits per heavy atom. The number of hydrogen-bond donors (Lipinski definition) is 0. The van der Waals surface area contributed by atoms with E-state index < -0.39 is 0 Å². The van der Waals surface area contributed by atoms with E-state index >= 15 is 0 Å². The minimum Gasteiger partial charge on any atom is -0.361 e. The van der Waals surface area contributed by atoms with Crippen molar-refractivity contribution in [2.75, 3.05) is 0 Å². The van der Waals surface area contributed by atoms with Crippen molar-refractivity contribution in [3.8, 4) is 0 Å². The van der Waals surface area contributed by atoms with Crippen LogP contribution in [0.25, 0.3) is 10.2 Å². The Balaban J connectivity index is 1.76. The van der Waals surface area contributed by atoms with Gasteiger partial charge in [-0.3, -0.25) is 9.36 Å². The first-order valence-corrected chi connectivity index (χ1v) is 11.9. The molecule has 4 rings (SSSR count). The molecule has 0 spiro atoms. The molecule has 3 aromatic rings. The molecule has 0 fully saturated rings. The first-order chi connectivity index (χ1) is 13.5. The van der Waals surface area contributed by atoms with Gasteiger partial charge in [0.1, 0.15) is 10.6 Å². The van der Waals surface area contributed by atoms with Gasteiger partial charge in [-0.1, -0.05) is 30.8 Å². The maximum atomic E-state index is 13.5. The molecule has 0 saturated heterocycles. The summed E-state index contributed by atoms with van der Waals surface area (Å²) in [6, 6.07) is 0. The standard InChI is InChI=1S/C21H27N3O2S2/c1-12(2)9-10-24-20(25)18-15-7-5-6-8-17(15)28-19(18)22-21(24)27-11-16-13(3)23-26-14(16)4/h12H,5-11H2,1-4H3. The Kier molecular flexibility index (Phi) is 5.65. The minimum atomic E-state index is 0.145. The topological polar surface area (TPSA) is 60.9 Å². The monoisotopic (exact) mass is 417 g/mol. The number of aryl methyl sites for hydroxylation is 4. The van der Waals surface area contributed by atoms with Crippen molar-refractivity contribution in [3.05, 3.63) is 37.8 Å². The molecule has 3 aromatic heterocycles. The zero-order chi connectivity index (χ0) is 19.8. The van der Waals surface area contributed by atoms with Crippen LogP contribution in [0.15, 0.2) is 14.5 Å². The van der Waals surface area contributed by atoms with Crippen LogP contribution < -0.4 is 5.56 Å². The summed E-state index contributed by atoms with van der Waals surface area (Å²) in [6.45, 7) is 9.00. The maximum absolute atomic E-state index is 13.5. The fraction of sp³-hybridized carbons (Fsp3) is 0.571. The highest BCUT2D eigenvalue weighted by atomic mass is 32.2. The number of aromatic nitrogens is 3. The molecule has 0 aliphatic heterocycles. The van der Waals surface area contributed by atoms with Gasteiger partial charge in [0.2, 0.25) is 0 Å². The van der Waals surface area contributed by atoms with Crippen LogP contribution in [0.3, 0.4) is 0 Å². The molecule has 7 heteroatoms. The predicted molar refractivity (Wildman–Crippen MR) is 116 cm³/mol. The molecule has 3 heterocycles. The molecule has 1 aliphatic rings. The molecule has 0 bridgehead atoms. The Bertz CT molecular complexity index is 1040. The summed E-state index contributed by atoms with van der Waals surface area (Å²) in [6.07, 6.45) is 5.46. The van der Waals surface area contributed by atoms with Crippen LogP contribution in [-0.2, 0) is 25.1 Å². The lowest BCUT2D eigenvalue weighted by molar-refractivity contribution is 0.392. The second kappa shape index (κ2) is 8.03. The molecule has 150 valence electrons. The Labute approximate surface area is 173 Å². The molecule has 0 saturated carbocycles. The van der Waals surface area contributed by atoms with Crippen molar-refractivity contribution in [3.63, 3.8) is 0 Å². The Morgan fingerprint density at radius 3 is 2.75 bits per heavy atom. The smallest absolute Gasteiger partial charge is 0.263 e. The number of nitrogens with zero attached hydrogens (tertiary/aromatic N) is 3. The highest BCUT2D eigenvalue weighted by molar-refractivity contribution is 7.98. The van der Waals surface area contributed by atoms with Gasteiger partial charge in [-0.05, 0) is 57.4 Å². The van der Waals surface area contributed by atoms with E-state index in [-0.39, 0.29) is 5.56 Å². The normalized spacial score (nSPS) is 14.2. The predicted octanol–water partition coefficient (Wildman–Crippen LogP) is 5.28. The van der Waals surface area contributed by atoms with Crippen molar-refractivity contribution in [2.24, 2.45) is 5.92 Å². The van der Waals surface area contributed by atoms with Crippen LogP contribution >= 0.6 is 23.1 Å². The molecule has 28 heavy (non-hydrogen) atoms. The molecule has 0 amide bonds. The number of hydrogen-bond acceptors (Lipinski definition) is 6. The summed E-state index contributed by atoms with van der Waals surface area (Å²) in [5, 5.41) is 5.74. The molecular weight excluding hydrogens is 390 g/mol. The lowest BCUT2D eigenvalue weighted by Crippen LogP contribution is -2.24. The van der Waals surface area contributed by atoms with Crippen molar-refractivity contribution in [2.45, 2.75) is 77.3 Å². The zero-order valence-corrected chi connectivity index (χ0v) is 18.6. The van der Waals surface area contributed by atoms with Gasteiger partial charge in [0.15, 0.2) is 5.16 Å². The third-order valence-corrected chi connectivity index (χ3v) is 7.69. The van der Waals surface area contributed by atoms with Crippen LogP contribution in [0.5, 0.6) is 0 Å². The fourth-order valence-electron chi connectivity index (χ4n) is 3.76. The maximum Gasteiger partial charge on any atom is 0.263 e. The average molecular weight is 418 g/mol. The van der Waals surface area contributed by atoms with Gasteiger partial charge in [0, 0.05) is 22.7 Å². The SMILES string of the molecule is Cc1noc(C)c1CSc1nc2sc3c(c2c(=O)n1CCC(C)C)CCCC3. The summed E-state index contributed by atoms with van der Waals surface area (Å²) in [7, 11) is 0. The summed E-state index contributed by atoms with van der Waals surface area (Å²) in [4.78, 5) is 20.7. The van der Waals surface area contributed by atoms with E-state index in [0.29, 0.717) is 18.2 Å². The molecule has 0 atom stereocenters. The van der Waals surface area contributed by atoms with E-state index in [9.17, 15) is 4.79 Å². The van der Waals surface area contributed by atoms with Gasteiger partial charge >= 0.3 is 0 Å². The number of fused-ring (bicyclic) bond motifs is 3. The second-order valence-corrected chi connectivity index (χ2v) is 10.0. The first kappa shape index (κ1) is 19.7. The van der Waals surface area contributed by atoms with Gasteiger partial charge < -0.3 is 4.52 Å². The summed E-state index contributed by atoms with van der Waals surface area (Å²) in [5.41, 5.74) is 3.42. The quantitative estimate of drug-likeness (QED) is 0.403. The van der Waals surface area contributed by atoms with Crippen LogP contribution in [0.1, 0.15) is 60.6 Å². The number of thioether (sulfide) groups is 1. The summed E-state index contributed by atoms with van der Waals surface area (Å²) < 4.78 is 7.20. The molecule has 0 N–H and O–H groups in total. The van der Waals surface area contributed by atoms with Crippen molar-refractivity contribution in [1.29, 1.82) is 0 Å². The van der Waals surface area contributed by atoms with Gasteiger partial charge in [-0.25, -0.2) is 4.98 Å². The third kappa shape index (κ3) is 3.66. The van der Waals surface area contributed by atoms with E-state index in [0.717, 1.165) is 51.7 Å². The first-order valence-electron chi connectivity index (χ1n) is 10.0. The van der Waals surface area contributed by atoms with Crippen molar-refractivity contribution >= 4 is 33.3 Å². The number of rotatable bonds is 6. The van der Waals surface area contributed by atoms with E-state index in [1.165, 1.54) is 23.3 Å². The second-order valence-electron chi connectivity index (χ2n) is 8.02. The highest BCUT2D eigenvalue weighted by Gasteiger charge is 2.22. The van der Waals surface area contributed by atoms with E-state index in [4.69, 9.17) is 9.51 Å². The van der Waals surface area contributed by atoms with Crippen molar-refractivity contribution < 1.29 is 4.52 Å². The summed E-state index contributed by atoms with van der Waals surface area (Å²) >= 11 is 3.34. The van der Waals surface area contributed by atoms with Crippen LogP contribution in [0.4, 0.5) is 0 Å². The van der Waals surface area contributed by atoms with Gasteiger partial charge in [-0.2, -0.15) is 0 Å².